The molecule has 0 radical (unpaired) electrons. The number of fused-ring (bicyclic) bond motifs is 1. The molecule has 1 atom stereocenters. The Kier molecular flexibility index (Phi) is 9.73. The van der Waals surface area contributed by atoms with Gasteiger partial charge in [-0.15, -0.1) is 24.8 Å². The second-order valence-corrected chi connectivity index (χ2v) is 6.87. The van der Waals surface area contributed by atoms with Crippen LogP contribution in [0.3, 0.4) is 0 Å². The third-order valence-electron chi connectivity index (χ3n) is 4.88. The van der Waals surface area contributed by atoms with E-state index in [2.05, 4.69) is 22.3 Å². The summed E-state index contributed by atoms with van der Waals surface area (Å²) in [5, 5.41) is 2.92. The topological polar surface area (TPSA) is 76.8 Å². The zero-order valence-corrected chi connectivity index (χ0v) is 18.6. The molecular formula is C21H29Cl2N3O3. The zero-order chi connectivity index (χ0) is 19.4. The van der Waals surface area contributed by atoms with Crippen molar-refractivity contribution in [3.63, 3.8) is 0 Å². The number of nitrogens with zero attached hydrogens (tertiary/aromatic N) is 1. The fourth-order valence-corrected chi connectivity index (χ4v) is 3.34. The lowest BCUT2D eigenvalue weighted by atomic mass is 9.98. The molecule has 0 spiro atoms. The van der Waals surface area contributed by atoms with Crippen LogP contribution in [0.2, 0.25) is 0 Å². The number of rotatable bonds is 6. The van der Waals surface area contributed by atoms with E-state index in [1.165, 1.54) is 11.1 Å². The lowest BCUT2D eigenvalue weighted by Gasteiger charge is -2.30. The number of carbonyl (C=O) groups is 1. The molecule has 29 heavy (non-hydrogen) atoms. The third kappa shape index (κ3) is 6.00. The number of nitrogens with two attached hydrogens (primary N) is 1. The van der Waals surface area contributed by atoms with Crippen molar-refractivity contribution in [1.82, 2.24) is 4.90 Å². The van der Waals surface area contributed by atoms with E-state index in [1.54, 1.807) is 21.1 Å². The lowest BCUT2D eigenvalue weighted by molar-refractivity contribution is -0.117. The second-order valence-electron chi connectivity index (χ2n) is 6.87. The largest absolute Gasteiger partial charge is 0.493 e. The van der Waals surface area contributed by atoms with Crippen LogP contribution in [0, 0.1) is 0 Å². The maximum atomic E-state index is 12.0. The fourth-order valence-electron chi connectivity index (χ4n) is 3.34. The van der Waals surface area contributed by atoms with E-state index in [4.69, 9.17) is 15.2 Å². The Labute approximate surface area is 184 Å². The average Bonchev–Trinajstić information content (AvgIpc) is 2.68. The summed E-state index contributed by atoms with van der Waals surface area (Å²) in [4.78, 5) is 14.3. The van der Waals surface area contributed by atoms with E-state index in [-0.39, 0.29) is 30.7 Å². The molecule has 2 aromatic rings. The zero-order valence-electron chi connectivity index (χ0n) is 16.9. The fraction of sp³-hybridized carbons (Fsp3) is 0.381. The van der Waals surface area contributed by atoms with Gasteiger partial charge in [0.25, 0.3) is 0 Å². The summed E-state index contributed by atoms with van der Waals surface area (Å²) in [6, 6.07) is 11.5. The summed E-state index contributed by atoms with van der Waals surface area (Å²) >= 11 is 0. The van der Waals surface area contributed by atoms with Gasteiger partial charge in [-0.1, -0.05) is 18.2 Å². The van der Waals surface area contributed by atoms with Gasteiger partial charge in [0.1, 0.15) is 0 Å². The van der Waals surface area contributed by atoms with E-state index in [1.807, 2.05) is 24.3 Å². The van der Waals surface area contributed by atoms with Crippen LogP contribution in [-0.2, 0) is 24.3 Å². The van der Waals surface area contributed by atoms with E-state index in [9.17, 15) is 4.79 Å². The number of benzene rings is 2. The van der Waals surface area contributed by atoms with Gasteiger partial charge < -0.3 is 20.5 Å². The van der Waals surface area contributed by atoms with Gasteiger partial charge in [0, 0.05) is 25.3 Å². The first-order valence-corrected chi connectivity index (χ1v) is 9.12. The molecule has 0 saturated carbocycles. The first kappa shape index (κ1) is 25.0. The molecular weight excluding hydrogens is 413 g/mol. The highest BCUT2D eigenvalue weighted by Crippen LogP contribution is 2.33. The molecule has 2 aromatic carbocycles. The number of para-hydroxylation sites is 1. The Morgan fingerprint density at radius 2 is 1.76 bits per heavy atom. The molecule has 1 amide bonds. The number of nitrogens with one attached hydrogen (secondary N) is 1. The van der Waals surface area contributed by atoms with Crippen molar-refractivity contribution < 1.29 is 14.3 Å². The Balaban J connectivity index is 0.00000210. The monoisotopic (exact) mass is 441 g/mol. The number of amides is 1. The van der Waals surface area contributed by atoms with Crippen LogP contribution in [-0.4, -0.2) is 37.6 Å². The summed E-state index contributed by atoms with van der Waals surface area (Å²) in [6.45, 7) is 4.20. The van der Waals surface area contributed by atoms with Crippen molar-refractivity contribution >= 4 is 36.4 Å². The van der Waals surface area contributed by atoms with Crippen molar-refractivity contribution in [2.75, 3.05) is 26.1 Å². The van der Waals surface area contributed by atoms with Crippen molar-refractivity contribution in [3.8, 4) is 11.5 Å². The minimum atomic E-state index is -0.539. The molecule has 1 aliphatic heterocycles. The summed E-state index contributed by atoms with van der Waals surface area (Å²) in [6.07, 6.45) is 0.948. The smallest absolute Gasteiger partial charge is 0.241 e. The molecule has 8 heteroatoms. The quantitative estimate of drug-likeness (QED) is 0.717. The van der Waals surface area contributed by atoms with Gasteiger partial charge >= 0.3 is 0 Å². The van der Waals surface area contributed by atoms with Crippen LogP contribution in [0.15, 0.2) is 36.4 Å². The SMILES string of the molecule is COc1cc2c(cc1OC)CN(Cc1ccccc1NC(=O)C(C)N)CC2.Cl.Cl. The van der Waals surface area contributed by atoms with Crippen LogP contribution in [0.25, 0.3) is 0 Å². The van der Waals surface area contributed by atoms with Crippen molar-refractivity contribution in [1.29, 1.82) is 0 Å². The van der Waals surface area contributed by atoms with E-state index in [0.29, 0.717) is 0 Å². The Morgan fingerprint density at radius 3 is 2.38 bits per heavy atom. The van der Waals surface area contributed by atoms with E-state index in [0.717, 1.165) is 48.8 Å². The molecule has 0 aromatic heterocycles. The van der Waals surface area contributed by atoms with Crippen molar-refractivity contribution in [3.05, 3.63) is 53.1 Å². The average molecular weight is 442 g/mol. The standard InChI is InChI=1S/C21H27N3O3.2ClH/c1-14(22)21(25)23-18-7-5-4-6-16(18)12-24-9-8-15-10-19(26-2)20(27-3)11-17(15)13-24;;/h4-7,10-11,14H,8-9,12-13,22H2,1-3H3,(H,23,25);2*1H. The Hall–Kier alpha value is -1.99. The normalized spacial score (nSPS) is 13.9. The van der Waals surface area contributed by atoms with Gasteiger partial charge in [-0.05, 0) is 48.2 Å². The lowest BCUT2D eigenvalue weighted by Crippen LogP contribution is -2.33. The number of carbonyl (C=O) groups excluding carboxylic acids is 1. The van der Waals surface area contributed by atoms with Crippen LogP contribution in [0.1, 0.15) is 23.6 Å². The van der Waals surface area contributed by atoms with Crippen LogP contribution in [0.5, 0.6) is 11.5 Å². The molecule has 3 N–H and O–H groups in total. The summed E-state index contributed by atoms with van der Waals surface area (Å²) in [7, 11) is 3.31. The van der Waals surface area contributed by atoms with Crippen LogP contribution >= 0.6 is 24.8 Å². The molecule has 160 valence electrons. The minimum Gasteiger partial charge on any atom is -0.493 e. The van der Waals surface area contributed by atoms with Crippen LogP contribution < -0.4 is 20.5 Å². The summed E-state index contributed by atoms with van der Waals surface area (Å²) < 4.78 is 10.8. The van der Waals surface area contributed by atoms with E-state index >= 15 is 0 Å². The van der Waals surface area contributed by atoms with Gasteiger partial charge in [-0.3, -0.25) is 9.69 Å². The number of halogens is 2. The molecule has 1 aliphatic rings. The minimum absolute atomic E-state index is 0. The Morgan fingerprint density at radius 1 is 1.14 bits per heavy atom. The van der Waals surface area contributed by atoms with Crippen molar-refractivity contribution in [2.24, 2.45) is 5.73 Å². The predicted octanol–water partition coefficient (Wildman–Crippen LogP) is 3.39. The van der Waals surface area contributed by atoms with Gasteiger partial charge in [0.15, 0.2) is 11.5 Å². The Bertz CT molecular complexity index is 831. The highest BCUT2D eigenvalue weighted by Gasteiger charge is 2.20. The first-order valence-electron chi connectivity index (χ1n) is 9.12. The number of hydrogen-bond acceptors (Lipinski definition) is 5. The molecule has 3 rings (SSSR count). The summed E-state index contributed by atoms with van der Waals surface area (Å²) in [5.74, 6) is 1.35. The third-order valence-corrected chi connectivity index (χ3v) is 4.88. The molecule has 0 fully saturated rings. The molecule has 0 aliphatic carbocycles. The van der Waals surface area contributed by atoms with Crippen molar-refractivity contribution in [2.45, 2.75) is 32.5 Å². The van der Waals surface area contributed by atoms with Gasteiger partial charge in [0.2, 0.25) is 5.91 Å². The van der Waals surface area contributed by atoms with Gasteiger partial charge in [0.05, 0.1) is 20.3 Å². The predicted molar refractivity (Wildman–Crippen MR) is 121 cm³/mol. The number of anilines is 1. The number of methoxy groups -OCH3 is 2. The maximum absolute atomic E-state index is 12.0. The van der Waals surface area contributed by atoms with Gasteiger partial charge in [-0.25, -0.2) is 0 Å². The molecule has 0 saturated heterocycles. The van der Waals surface area contributed by atoms with Gasteiger partial charge in [-0.2, -0.15) is 0 Å². The highest BCUT2D eigenvalue weighted by molar-refractivity contribution is 5.95. The molecule has 1 heterocycles. The molecule has 6 nitrogen and oxygen atoms in total. The number of ether oxygens (including phenoxy) is 2. The van der Waals surface area contributed by atoms with E-state index < -0.39 is 6.04 Å². The maximum Gasteiger partial charge on any atom is 0.241 e. The first-order chi connectivity index (χ1) is 13.0. The van der Waals surface area contributed by atoms with Crippen LogP contribution in [0.4, 0.5) is 5.69 Å². The molecule has 1 unspecified atom stereocenters. The number of hydrogen-bond donors (Lipinski definition) is 2. The molecule has 0 bridgehead atoms. The second kappa shape index (κ2) is 11.3. The highest BCUT2D eigenvalue weighted by atomic mass is 35.5. The summed E-state index contributed by atoms with van der Waals surface area (Å²) in [5.41, 5.74) is 10.1.